The topological polar surface area (TPSA) is 85.8 Å². The molecule has 0 unspecified atom stereocenters. The molecule has 4 aromatic rings. The van der Waals surface area contributed by atoms with Gasteiger partial charge in [-0.3, -0.25) is 0 Å². The summed E-state index contributed by atoms with van der Waals surface area (Å²) in [6.45, 7) is 8.26. The Morgan fingerprint density at radius 3 is 2.83 bits per heavy atom. The van der Waals surface area contributed by atoms with Gasteiger partial charge in [0, 0.05) is 17.8 Å². The summed E-state index contributed by atoms with van der Waals surface area (Å²) in [7, 11) is 0. The van der Waals surface area contributed by atoms with E-state index in [1.165, 1.54) is 10.6 Å². The highest BCUT2D eigenvalue weighted by molar-refractivity contribution is 6.29. The summed E-state index contributed by atoms with van der Waals surface area (Å²) >= 11 is 6.12. The summed E-state index contributed by atoms with van der Waals surface area (Å²) in [6.07, 6.45) is 3.03. The zero-order valence-corrected chi connectivity index (χ0v) is 17.4. The van der Waals surface area contributed by atoms with Crippen LogP contribution in [0.5, 0.6) is 5.88 Å². The van der Waals surface area contributed by atoms with Crippen LogP contribution in [0, 0.1) is 13.8 Å². The number of carbonyl (C=O) groups excluding carboxylic acids is 1. The third kappa shape index (κ3) is 3.63. The Balaban J connectivity index is 1.55. The van der Waals surface area contributed by atoms with E-state index in [1.807, 2.05) is 50.4 Å². The van der Waals surface area contributed by atoms with E-state index in [4.69, 9.17) is 16.3 Å². The average Bonchev–Trinajstić information content (AvgIpc) is 3.20. The number of fused-ring (bicyclic) bond motifs is 2. The SMILES string of the molecule is Cc1ccn2c(CNC(=O)Oc3cc(Cl)nc4c(C(C)C)cnn34)c(C)nc2c1. The average molecular weight is 413 g/mol. The molecule has 9 heteroatoms. The minimum Gasteiger partial charge on any atom is -0.391 e. The predicted molar refractivity (Wildman–Crippen MR) is 110 cm³/mol. The van der Waals surface area contributed by atoms with Crippen molar-refractivity contribution in [3.63, 3.8) is 0 Å². The lowest BCUT2D eigenvalue weighted by Crippen LogP contribution is -2.28. The van der Waals surface area contributed by atoms with E-state index in [9.17, 15) is 4.79 Å². The number of carbonyl (C=O) groups is 1. The van der Waals surface area contributed by atoms with Crippen LogP contribution in [0.15, 0.2) is 30.6 Å². The summed E-state index contributed by atoms with van der Waals surface area (Å²) in [5.41, 5.74) is 5.20. The first-order valence-electron chi connectivity index (χ1n) is 9.27. The van der Waals surface area contributed by atoms with Crippen molar-refractivity contribution in [2.24, 2.45) is 0 Å². The van der Waals surface area contributed by atoms with Crippen LogP contribution in [-0.2, 0) is 6.54 Å². The lowest BCUT2D eigenvalue weighted by Gasteiger charge is -2.09. The molecule has 1 N–H and O–H groups in total. The van der Waals surface area contributed by atoms with Crippen molar-refractivity contribution in [2.75, 3.05) is 0 Å². The van der Waals surface area contributed by atoms with E-state index in [1.54, 1.807) is 6.20 Å². The van der Waals surface area contributed by atoms with Crippen LogP contribution < -0.4 is 10.1 Å². The monoisotopic (exact) mass is 412 g/mol. The Morgan fingerprint density at radius 2 is 2.07 bits per heavy atom. The van der Waals surface area contributed by atoms with Gasteiger partial charge in [0.2, 0.25) is 5.88 Å². The summed E-state index contributed by atoms with van der Waals surface area (Å²) in [4.78, 5) is 21.3. The van der Waals surface area contributed by atoms with Crippen molar-refractivity contribution in [3.05, 3.63) is 58.3 Å². The number of pyridine rings is 1. The zero-order chi connectivity index (χ0) is 20.7. The maximum atomic E-state index is 12.4. The molecule has 8 nitrogen and oxygen atoms in total. The van der Waals surface area contributed by atoms with Crippen molar-refractivity contribution in [2.45, 2.75) is 40.2 Å². The second-order valence-corrected chi connectivity index (χ2v) is 7.61. The standard InChI is InChI=1S/C20H21ClN6O2/c1-11(2)14-9-23-27-18(8-16(21)25-19(14)27)29-20(28)22-10-15-13(4)24-17-7-12(3)5-6-26(15)17/h5-9,11H,10H2,1-4H3,(H,22,28). The molecule has 0 aliphatic carbocycles. The molecule has 0 aliphatic rings. The maximum Gasteiger partial charge on any atom is 0.414 e. The fourth-order valence-electron chi connectivity index (χ4n) is 3.22. The fourth-order valence-corrected chi connectivity index (χ4v) is 3.39. The smallest absolute Gasteiger partial charge is 0.391 e. The number of ether oxygens (including phenoxy) is 1. The van der Waals surface area contributed by atoms with Gasteiger partial charge in [-0.15, -0.1) is 0 Å². The largest absolute Gasteiger partial charge is 0.414 e. The Hall–Kier alpha value is -3.13. The van der Waals surface area contributed by atoms with Gasteiger partial charge < -0.3 is 14.5 Å². The van der Waals surface area contributed by atoms with Gasteiger partial charge in [-0.2, -0.15) is 9.61 Å². The zero-order valence-electron chi connectivity index (χ0n) is 16.6. The lowest BCUT2D eigenvalue weighted by molar-refractivity contribution is 0.196. The number of hydrogen-bond donors (Lipinski definition) is 1. The number of aromatic nitrogens is 5. The molecule has 0 aromatic carbocycles. The molecule has 0 fully saturated rings. The van der Waals surface area contributed by atoms with Gasteiger partial charge in [0.1, 0.15) is 10.8 Å². The molecule has 0 saturated carbocycles. The van der Waals surface area contributed by atoms with Crippen molar-refractivity contribution < 1.29 is 9.53 Å². The van der Waals surface area contributed by atoms with Gasteiger partial charge in [0.25, 0.3) is 0 Å². The molecule has 0 saturated heterocycles. The highest BCUT2D eigenvalue weighted by Gasteiger charge is 2.17. The van der Waals surface area contributed by atoms with Crippen molar-refractivity contribution in [3.8, 4) is 5.88 Å². The molecule has 4 aromatic heterocycles. The van der Waals surface area contributed by atoms with E-state index in [0.717, 1.165) is 28.2 Å². The molecule has 0 bridgehead atoms. The molecule has 0 radical (unpaired) electrons. The molecule has 0 spiro atoms. The minimum atomic E-state index is -0.614. The van der Waals surface area contributed by atoms with Gasteiger partial charge >= 0.3 is 6.09 Å². The number of amides is 1. The first-order chi connectivity index (χ1) is 13.8. The van der Waals surface area contributed by atoms with Gasteiger partial charge in [0.05, 0.1) is 24.1 Å². The number of imidazole rings is 1. The second kappa shape index (κ2) is 7.36. The van der Waals surface area contributed by atoms with Crippen LogP contribution in [0.4, 0.5) is 4.79 Å². The Bertz CT molecular complexity index is 1230. The molecular formula is C20H21ClN6O2. The molecule has 29 heavy (non-hydrogen) atoms. The number of nitrogens with one attached hydrogen (secondary N) is 1. The molecule has 0 atom stereocenters. The quantitative estimate of drug-likeness (QED) is 0.511. The predicted octanol–water partition coefficient (Wildman–Crippen LogP) is 4.06. The van der Waals surface area contributed by atoms with Crippen molar-refractivity contribution >= 4 is 29.0 Å². The van der Waals surface area contributed by atoms with E-state index in [0.29, 0.717) is 5.65 Å². The van der Waals surface area contributed by atoms with Crippen molar-refractivity contribution in [1.29, 1.82) is 0 Å². The normalized spacial score (nSPS) is 11.5. The van der Waals surface area contributed by atoms with Crippen LogP contribution in [0.1, 0.15) is 42.3 Å². The van der Waals surface area contributed by atoms with Crippen molar-refractivity contribution in [1.82, 2.24) is 29.3 Å². The molecule has 4 rings (SSSR count). The van der Waals surface area contributed by atoms with Gasteiger partial charge in [0.15, 0.2) is 5.65 Å². The number of aryl methyl sites for hydroxylation is 2. The third-order valence-corrected chi connectivity index (χ3v) is 4.93. The van der Waals surface area contributed by atoms with Crippen LogP contribution in [-0.4, -0.2) is 30.1 Å². The molecule has 150 valence electrons. The van der Waals surface area contributed by atoms with Crippen LogP contribution >= 0.6 is 11.6 Å². The number of rotatable bonds is 4. The molecule has 0 aliphatic heterocycles. The van der Waals surface area contributed by atoms with Gasteiger partial charge in [-0.05, 0) is 37.5 Å². The van der Waals surface area contributed by atoms with E-state index in [-0.39, 0.29) is 23.5 Å². The summed E-state index contributed by atoms with van der Waals surface area (Å²) in [6, 6.07) is 5.46. The summed E-state index contributed by atoms with van der Waals surface area (Å²) < 4.78 is 8.89. The Labute approximate surface area is 172 Å². The number of hydrogen-bond acceptors (Lipinski definition) is 5. The Morgan fingerprint density at radius 1 is 1.28 bits per heavy atom. The highest BCUT2D eigenvalue weighted by Crippen LogP contribution is 2.25. The van der Waals surface area contributed by atoms with Crippen LogP contribution in [0.3, 0.4) is 0 Å². The number of nitrogens with zero attached hydrogens (tertiary/aromatic N) is 5. The second-order valence-electron chi connectivity index (χ2n) is 7.23. The molecular weight excluding hydrogens is 392 g/mol. The van der Waals surface area contributed by atoms with Gasteiger partial charge in [-0.25, -0.2) is 14.8 Å². The van der Waals surface area contributed by atoms with Crippen LogP contribution in [0.2, 0.25) is 5.15 Å². The van der Waals surface area contributed by atoms with E-state index >= 15 is 0 Å². The first-order valence-corrected chi connectivity index (χ1v) is 9.65. The fraction of sp³-hybridized carbons (Fsp3) is 0.300. The molecule has 1 amide bonds. The summed E-state index contributed by atoms with van der Waals surface area (Å²) in [5, 5.41) is 7.28. The summed E-state index contributed by atoms with van der Waals surface area (Å²) in [5.74, 6) is 0.414. The lowest BCUT2D eigenvalue weighted by atomic mass is 10.1. The maximum absolute atomic E-state index is 12.4. The van der Waals surface area contributed by atoms with Gasteiger partial charge in [-0.1, -0.05) is 25.4 Å². The van der Waals surface area contributed by atoms with E-state index in [2.05, 4.69) is 20.4 Å². The number of halogens is 1. The Kier molecular flexibility index (Phi) is 4.87. The molecule has 4 heterocycles. The third-order valence-electron chi connectivity index (χ3n) is 4.74. The first kappa shape index (κ1) is 19.2. The van der Waals surface area contributed by atoms with E-state index < -0.39 is 6.09 Å². The minimum absolute atomic E-state index is 0.204. The highest BCUT2D eigenvalue weighted by atomic mass is 35.5. The van der Waals surface area contributed by atoms with Crippen LogP contribution in [0.25, 0.3) is 11.3 Å².